The number of halogens is 1. The molecule has 0 aromatic heterocycles. The molecular formula is C21H26ClN3O. The van der Waals surface area contributed by atoms with Gasteiger partial charge >= 0.3 is 0 Å². The molecule has 3 rings (SSSR count). The maximum absolute atomic E-state index is 12.4. The highest BCUT2D eigenvalue weighted by Crippen LogP contribution is 2.34. The van der Waals surface area contributed by atoms with Gasteiger partial charge < -0.3 is 15.5 Å². The van der Waals surface area contributed by atoms with Gasteiger partial charge in [0.2, 0.25) is 0 Å². The first kappa shape index (κ1) is 18.9. The highest BCUT2D eigenvalue weighted by molar-refractivity contribution is 6.34. The van der Waals surface area contributed by atoms with Crippen LogP contribution in [0.25, 0.3) is 0 Å². The maximum atomic E-state index is 12.4. The van der Waals surface area contributed by atoms with E-state index in [1.165, 1.54) is 12.8 Å². The summed E-state index contributed by atoms with van der Waals surface area (Å²) in [5.41, 5.74) is 2.41. The molecule has 0 bridgehead atoms. The second kappa shape index (κ2) is 8.67. The Morgan fingerprint density at radius 3 is 2.65 bits per heavy atom. The van der Waals surface area contributed by atoms with Gasteiger partial charge in [-0.25, -0.2) is 0 Å². The Hall–Kier alpha value is -1.88. The number of benzene rings is 2. The van der Waals surface area contributed by atoms with E-state index in [1.54, 1.807) is 12.1 Å². The summed E-state index contributed by atoms with van der Waals surface area (Å²) in [6, 6.07) is 15.6. The van der Waals surface area contributed by atoms with Gasteiger partial charge in [0.05, 0.1) is 10.6 Å². The van der Waals surface area contributed by atoms with E-state index in [0.717, 1.165) is 30.3 Å². The van der Waals surface area contributed by atoms with Gasteiger partial charge in [-0.15, -0.1) is 0 Å². The van der Waals surface area contributed by atoms with Crippen LogP contribution in [0.2, 0.25) is 5.02 Å². The zero-order valence-electron chi connectivity index (χ0n) is 15.3. The van der Waals surface area contributed by atoms with E-state index >= 15 is 0 Å². The molecule has 1 aliphatic carbocycles. The molecular weight excluding hydrogens is 346 g/mol. The van der Waals surface area contributed by atoms with Crippen molar-refractivity contribution in [2.45, 2.75) is 25.4 Å². The maximum Gasteiger partial charge on any atom is 0.257 e. The summed E-state index contributed by atoms with van der Waals surface area (Å²) in [5, 5.41) is 6.93. The molecule has 1 atom stereocenters. The van der Waals surface area contributed by atoms with Crippen molar-refractivity contribution in [3.63, 3.8) is 0 Å². The van der Waals surface area contributed by atoms with Crippen LogP contribution in [-0.2, 0) is 6.54 Å². The molecule has 5 heteroatoms. The van der Waals surface area contributed by atoms with Gasteiger partial charge in [0.1, 0.15) is 0 Å². The van der Waals surface area contributed by atoms with E-state index in [2.05, 4.69) is 35.7 Å². The van der Waals surface area contributed by atoms with Crippen LogP contribution in [0.1, 0.15) is 28.8 Å². The largest absolute Gasteiger partial charge is 0.322 e. The smallest absolute Gasteiger partial charge is 0.257 e. The second-order valence-corrected chi connectivity index (χ2v) is 7.54. The number of carbonyl (C=O) groups is 1. The quantitative estimate of drug-likeness (QED) is 0.736. The fourth-order valence-corrected chi connectivity index (χ4v) is 3.44. The Bertz CT molecular complexity index is 756. The molecule has 2 N–H and O–H groups in total. The predicted octanol–water partition coefficient (Wildman–Crippen LogP) is 4.02. The molecule has 26 heavy (non-hydrogen) atoms. The van der Waals surface area contributed by atoms with Crippen molar-refractivity contribution < 1.29 is 4.79 Å². The average molecular weight is 372 g/mol. The lowest BCUT2D eigenvalue weighted by molar-refractivity contribution is 0.102. The van der Waals surface area contributed by atoms with Crippen molar-refractivity contribution in [2.75, 3.05) is 26.0 Å². The number of nitrogens with one attached hydrogen (secondary N) is 2. The summed E-state index contributed by atoms with van der Waals surface area (Å²) in [6.07, 6.45) is 2.68. The third-order valence-electron chi connectivity index (χ3n) is 4.82. The number of likely N-dealkylation sites (N-methyl/N-ethyl adjacent to an activating group) is 1. The summed E-state index contributed by atoms with van der Waals surface area (Å²) >= 11 is 6.10. The Balaban J connectivity index is 1.56. The van der Waals surface area contributed by atoms with E-state index in [1.807, 2.05) is 30.3 Å². The first-order valence-electron chi connectivity index (χ1n) is 9.06. The molecule has 0 saturated heterocycles. The van der Waals surface area contributed by atoms with Gasteiger partial charge in [-0.3, -0.25) is 4.79 Å². The number of hydrogen-bond donors (Lipinski definition) is 2. The lowest BCUT2D eigenvalue weighted by atomic mass is 10.1. The lowest BCUT2D eigenvalue weighted by Gasteiger charge is -2.24. The third-order valence-corrected chi connectivity index (χ3v) is 5.14. The normalized spacial score (nSPS) is 15.1. The van der Waals surface area contributed by atoms with E-state index in [0.29, 0.717) is 16.6 Å². The van der Waals surface area contributed by atoms with Gasteiger partial charge in [0.25, 0.3) is 5.91 Å². The summed E-state index contributed by atoms with van der Waals surface area (Å²) < 4.78 is 0. The van der Waals surface area contributed by atoms with Gasteiger partial charge in [-0.1, -0.05) is 35.9 Å². The van der Waals surface area contributed by atoms with Crippen molar-refractivity contribution in [3.8, 4) is 0 Å². The number of anilines is 1. The van der Waals surface area contributed by atoms with Crippen molar-refractivity contribution >= 4 is 23.2 Å². The van der Waals surface area contributed by atoms with Gasteiger partial charge in [0.15, 0.2) is 0 Å². The van der Waals surface area contributed by atoms with Crippen LogP contribution in [0.4, 0.5) is 5.69 Å². The molecule has 1 unspecified atom stereocenters. The van der Waals surface area contributed by atoms with E-state index in [4.69, 9.17) is 11.6 Å². The molecule has 1 fully saturated rings. The fourth-order valence-electron chi connectivity index (χ4n) is 3.22. The number of carbonyl (C=O) groups excluding carboxylic acids is 1. The molecule has 2 aromatic rings. The lowest BCUT2D eigenvalue weighted by Crippen LogP contribution is -2.39. The molecule has 138 valence electrons. The van der Waals surface area contributed by atoms with E-state index in [-0.39, 0.29) is 5.91 Å². The Morgan fingerprint density at radius 2 is 1.96 bits per heavy atom. The van der Waals surface area contributed by atoms with Crippen molar-refractivity contribution in [3.05, 3.63) is 64.7 Å². The Labute approximate surface area is 160 Å². The predicted molar refractivity (Wildman–Crippen MR) is 108 cm³/mol. The van der Waals surface area contributed by atoms with Crippen molar-refractivity contribution in [2.24, 2.45) is 5.92 Å². The van der Waals surface area contributed by atoms with Crippen LogP contribution in [0.15, 0.2) is 48.5 Å². The molecule has 0 heterocycles. The van der Waals surface area contributed by atoms with Crippen LogP contribution in [0.5, 0.6) is 0 Å². The van der Waals surface area contributed by atoms with E-state index < -0.39 is 0 Å². The van der Waals surface area contributed by atoms with Crippen LogP contribution >= 0.6 is 11.6 Å². The minimum atomic E-state index is -0.192. The topological polar surface area (TPSA) is 44.4 Å². The minimum absolute atomic E-state index is 0.192. The first-order chi connectivity index (χ1) is 12.5. The number of hydrogen-bond acceptors (Lipinski definition) is 3. The third kappa shape index (κ3) is 5.07. The van der Waals surface area contributed by atoms with Crippen LogP contribution in [-0.4, -0.2) is 37.5 Å². The van der Waals surface area contributed by atoms with Crippen LogP contribution in [0, 0.1) is 5.92 Å². The van der Waals surface area contributed by atoms with Gasteiger partial charge in [-0.2, -0.15) is 0 Å². The van der Waals surface area contributed by atoms with Gasteiger partial charge in [-0.05, 0) is 62.7 Å². The molecule has 4 nitrogen and oxygen atoms in total. The average Bonchev–Trinajstić information content (AvgIpc) is 3.44. The number of rotatable bonds is 8. The SMILES string of the molecule is CN(C)C(CNCc1cccc(NC(=O)c2ccccc2Cl)c1)C1CC1. The zero-order valence-corrected chi connectivity index (χ0v) is 16.1. The molecule has 1 saturated carbocycles. The van der Waals surface area contributed by atoms with Crippen molar-refractivity contribution in [1.82, 2.24) is 10.2 Å². The Kier molecular flexibility index (Phi) is 6.30. The summed E-state index contributed by atoms with van der Waals surface area (Å²) in [5.74, 6) is 0.640. The number of nitrogens with zero attached hydrogens (tertiary/aromatic N) is 1. The molecule has 1 aliphatic rings. The highest BCUT2D eigenvalue weighted by atomic mass is 35.5. The molecule has 2 aromatic carbocycles. The highest BCUT2D eigenvalue weighted by Gasteiger charge is 2.32. The number of amides is 1. The Morgan fingerprint density at radius 1 is 1.19 bits per heavy atom. The summed E-state index contributed by atoms with van der Waals surface area (Å²) in [4.78, 5) is 14.7. The van der Waals surface area contributed by atoms with Crippen LogP contribution < -0.4 is 10.6 Å². The standard InChI is InChI=1S/C21H26ClN3O/c1-25(2)20(16-10-11-16)14-23-13-15-6-5-7-17(12-15)24-21(26)18-8-3-4-9-19(18)22/h3-9,12,16,20,23H,10-11,13-14H2,1-2H3,(H,24,26). The molecule has 0 radical (unpaired) electrons. The molecule has 0 spiro atoms. The monoisotopic (exact) mass is 371 g/mol. The molecule has 0 aliphatic heterocycles. The zero-order chi connectivity index (χ0) is 18.5. The first-order valence-corrected chi connectivity index (χ1v) is 9.44. The van der Waals surface area contributed by atoms with Crippen LogP contribution in [0.3, 0.4) is 0 Å². The summed E-state index contributed by atoms with van der Waals surface area (Å²) in [6.45, 7) is 1.76. The molecule has 1 amide bonds. The fraction of sp³-hybridized carbons (Fsp3) is 0.381. The van der Waals surface area contributed by atoms with E-state index in [9.17, 15) is 4.79 Å². The second-order valence-electron chi connectivity index (χ2n) is 7.13. The van der Waals surface area contributed by atoms with Gasteiger partial charge in [0, 0.05) is 24.8 Å². The summed E-state index contributed by atoms with van der Waals surface area (Å²) in [7, 11) is 4.30. The minimum Gasteiger partial charge on any atom is -0.322 e. The van der Waals surface area contributed by atoms with Crippen molar-refractivity contribution in [1.29, 1.82) is 0 Å².